The Hall–Kier alpha value is -4.91. The average molecular weight is 462 g/mol. The predicted molar refractivity (Wildman–Crippen MR) is 143 cm³/mol. The van der Waals surface area contributed by atoms with Crippen LogP contribution in [0.5, 0.6) is 0 Å². The Morgan fingerprint density at radius 1 is 0.556 bits per heavy atom. The summed E-state index contributed by atoms with van der Waals surface area (Å²) in [5.74, 6) is 0. The van der Waals surface area contributed by atoms with Crippen LogP contribution < -0.4 is 15.7 Å². The van der Waals surface area contributed by atoms with Crippen LogP contribution in [0.3, 0.4) is 0 Å². The first-order valence-electron chi connectivity index (χ1n) is 12.0. The Morgan fingerprint density at radius 2 is 1.19 bits per heavy atom. The van der Waals surface area contributed by atoms with Crippen molar-refractivity contribution in [2.24, 2.45) is 0 Å². The Labute approximate surface area is 208 Å². The van der Waals surface area contributed by atoms with Gasteiger partial charge in [0.05, 0.1) is 23.8 Å². The van der Waals surface area contributed by atoms with Gasteiger partial charge >= 0.3 is 6.85 Å². The number of hydrogen-bond acceptors (Lipinski definition) is 4. The van der Waals surface area contributed by atoms with E-state index < -0.39 is 0 Å². The first kappa shape index (κ1) is 19.4. The maximum absolute atomic E-state index is 4.50. The molecule has 0 spiro atoms. The molecule has 7 heteroatoms. The number of para-hydroxylation sites is 2. The van der Waals surface area contributed by atoms with Crippen molar-refractivity contribution in [3.05, 3.63) is 116 Å². The molecule has 2 aromatic heterocycles. The van der Waals surface area contributed by atoms with E-state index in [0.29, 0.717) is 0 Å². The monoisotopic (exact) mass is 462 g/mol. The van der Waals surface area contributed by atoms with Crippen LogP contribution in [0, 0.1) is 0 Å². The largest absolute Gasteiger partial charge is 0.376 e. The fourth-order valence-electron chi connectivity index (χ4n) is 5.77. The minimum Gasteiger partial charge on any atom is -0.376 e. The summed E-state index contributed by atoms with van der Waals surface area (Å²) in [7, 11) is 0. The number of hydrogen-bond donors (Lipinski definition) is 0. The Morgan fingerprint density at radius 3 is 1.78 bits per heavy atom. The highest BCUT2D eigenvalue weighted by Gasteiger charge is 2.42. The predicted octanol–water partition coefficient (Wildman–Crippen LogP) is 4.36. The van der Waals surface area contributed by atoms with Gasteiger partial charge in [0.2, 0.25) is 0 Å². The van der Waals surface area contributed by atoms with E-state index in [1.165, 1.54) is 44.6 Å². The molecule has 0 aliphatic carbocycles. The first-order valence-corrected chi connectivity index (χ1v) is 12.0. The molecule has 0 atom stereocenters. The molecular formula is C29H19BN6. The van der Waals surface area contributed by atoms with Crippen LogP contribution in [0.15, 0.2) is 116 Å². The van der Waals surface area contributed by atoms with E-state index in [4.69, 9.17) is 0 Å². The maximum Gasteiger partial charge on any atom is 0.329 e. The van der Waals surface area contributed by atoms with Crippen molar-refractivity contribution in [3.8, 4) is 33.6 Å². The molecule has 36 heavy (non-hydrogen) atoms. The SMILES string of the molecule is c1ccc2c(c1)-c1ccc(-n3cccn3)cc1B1c3cc(-n4ccnn4)ccc3-c3ccccc3N12. The van der Waals surface area contributed by atoms with Crippen molar-refractivity contribution in [3.63, 3.8) is 0 Å². The zero-order chi connectivity index (χ0) is 23.6. The maximum atomic E-state index is 4.50. The van der Waals surface area contributed by atoms with Gasteiger partial charge in [-0.05, 0) is 64.5 Å². The molecule has 0 radical (unpaired) electrons. The molecule has 6 nitrogen and oxygen atoms in total. The number of benzene rings is 4. The summed E-state index contributed by atoms with van der Waals surface area (Å²) in [5.41, 5.74) is 11.9. The van der Waals surface area contributed by atoms with Gasteiger partial charge in [-0.1, -0.05) is 53.7 Å². The van der Waals surface area contributed by atoms with Crippen LogP contribution in [0.2, 0.25) is 0 Å². The molecule has 0 fully saturated rings. The van der Waals surface area contributed by atoms with Crippen molar-refractivity contribution < 1.29 is 0 Å². The van der Waals surface area contributed by atoms with Gasteiger partial charge in [0, 0.05) is 34.9 Å². The fourth-order valence-corrected chi connectivity index (χ4v) is 5.77. The second-order valence-corrected chi connectivity index (χ2v) is 9.15. The zero-order valence-electron chi connectivity index (χ0n) is 19.2. The molecule has 0 amide bonds. The topological polar surface area (TPSA) is 51.8 Å². The summed E-state index contributed by atoms with van der Waals surface area (Å²) in [6, 6.07) is 32.6. The average Bonchev–Trinajstić information content (AvgIpc) is 3.67. The van der Waals surface area contributed by atoms with Crippen LogP contribution in [-0.4, -0.2) is 31.6 Å². The number of fused-ring (bicyclic) bond motifs is 11. The van der Waals surface area contributed by atoms with E-state index in [-0.39, 0.29) is 6.85 Å². The highest BCUT2D eigenvalue weighted by Crippen LogP contribution is 2.45. The number of anilines is 2. The quantitative estimate of drug-likeness (QED) is 0.359. The van der Waals surface area contributed by atoms with Crippen LogP contribution in [-0.2, 0) is 0 Å². The lowest BCUT2D eigenvalue weighted by molar-refractivity contribution is 0.804. The molecule has 0 bridgehead atoms. The summed E-state index contributed by atoms with van der Waals surface area (Å²) in [5, 5.41) is 12.8. The third kappa shape index (κ3) is 2.65. The molecule has 4 aromatic carbocycles. The van der Waals surface area contributed by atoms with Crippen molar-refractivity contribution >= 4 is 29.1 Å². The van der Waals surface area contributed by atoms with Crippen molar-refractivity contribution in [1.82, 2.24) is 24.8 Å². The van der Waals surface area contributed by atoms with Gasteiger partial charge in [-0.15, -0.1) is 5.10 Å². The lowest BCUT2D eigenvalue weighted by Gasteiger charge is -2.43. The van der Waals surface area contributed by atoms with E-state index in [9.17, 15) is 0 Å². The van der Waals surface area contributed by atoms with Gasteiger partial charge in [-0.25, -0.2) is 9.36 Å². The van der Waals surface area contributed by atoms with Crippen molar-refractivity contribution in [2.75, 3.05) is 4.81 Å². The molecule has 8 rings (SSSR count). The molecule has 2 aliphatic rings. The minimum atomic E-state index is -0.00113. The molecule has 0 unspecified atom stereocenters. The molecule has 0 saturated heterocycles. The van der Waals surface area contributed by atoms with Crippen LogP contribution in [0.1, 0.15) is 0 Å². The number of rotatable bonds is 2. The Bertz CT molecular complexity index is 1630. The van der Waals surface area contributed by atoms with Crippen LogP contribution >= 0.6 is 0 Å². The molecule has 0 N–H and O–H groups in total. The molecule has 0 saturated carbocycles. The Balaban J connectivity index is 1.46. The van der Waals surface area contributed by atoms with Gasteiger partial charge in [0.1, 0.15) is 0 Å². The van der Waals surface area contributed by atoms with Crippen molar-refractivity contribution in [1.29, 1.82) is 0 Å². The van der Waals surface area contributed by atoms with E-state index >= 15 is 0 Å². The van der Waals surface area contributed by atoms with E-state index in [1.54, 1.807) is 6.20 Å². The molecular weight excluding hydrogens is 443 g/mol. The van der Waals surface area contributed by atoms with Gasteiger partial charge < -0.3 is 4.81 Å². The van der Waals surface area contributed by atoms with Crippen LogP contribution in [0.4, 0.5) is 11.4 Å². The highest BCUT2D eigenvalue weighted by molar-refractivity contribution is 6.92. The standard InChI is InChI=1S/C29H19BN6/c1-3-8-28-24(6-1)22-12-10-20(34-16-5-14-32-34)18-26(22)30-27-19-21(35-17-15-31-33-35)11-13-23(27)25-7-2-4-9-29(25)36(28)30/h1-19H. The zero-order valence-corrected chi connectivity index (χ0v) is 19.2. The number of nitrogens with zero attached hydrogens (tertiary/aromatic N) is 6. The second kappa shape index (κ2) is 7.30. The van der Waals surface area contributed by atoms with Gasteiger partial charge in [-0.2, -0.15) is 5.10 Å². The Kier molecular flexibility index (Phi) is 3.93. The third-order valence-electron chi connectivity index (χ3n) is 7.28. The smallest absolute Gasteiger partial charge is 0.329 e. The minimum absolute atomic E-state index is 0.00113. The van der Waals surface area contributed by atoms with Crippen LogP contribution in [0.25, 0.3) is 33.6 Å². The molecule has 168 valence electrons. The van der Waals surface area contributed by atoms with E-state index in [0.717, 1.165) is 11.4 Å². The number of aromatic nitrogens is 5. The second-order valence-electron chi connectivity index (χ2n) is 9.15. The van der Waals surface area contributed by atoms with Gasteiger partial charge in [-0.3, -0.25) is 0 Å². The van der Waals surface area contributed by atoms with E-state index in [1.807, 2.05) is 34.0 Å². The molecule has 6 aromatic rings. The summed E-state index contributed by atoms with van der Waals surface area (Å²) in [6.45, 7) is -0.00113. The summed E-state index contributed by atoms with van der Waals surface area (Å²) in [4.78, 5) is 2.49. The summed E-state index contributed by atoms with van der Waals surface area (Å²) >= 11 is 0. The molecule has 2 aliphatic heterocycles. The molecule has 4 heterocycles. The summed E-state index contributed by atoms with van der Waals surface area (Å²) in [6.07, 6.45) is 7.40. The highest BCUT2D eigenvalue weighted by atomic mass is 15.4. The first-order chi connectivity index (χ1) is 17.9. The summed E-state index contributed by atoms with van der Waals surface area (Å²) < 4.78 is 3.75. The van der Waals surface area contributed by atoms with E-state index in [2.05, 4.69) is 105 Å². The van der Waals surface area contributed by atoms with Gasteiger partial charge in [0.25, 0.3) is 0 Å². The normalized spacial score (nSPS) is 12.9. The fraction of sp³-hybridized carbons (Fsp3) is 0. The lowest BCUT2D eigenvalue weighted by atomic mass is 9.43. The lowest BCUT2D eigenvalue weighted by Crippen LogP contribution is -2.59. The van der Waals surface area contributed by atoms with Crippen molar-refractivity contribution in [2.45, 2.75) is 0 Å². The van der Waals surface area contributed by atoms with Gasteiger partial charge in [0.15, 0.2) is 0 Å². The third-order valence-corrected chi connectivity index (χ3v) is 7.28.